The summed E-state index contributed by atoms with van der Waals surface area (Å²) in [5, 5.41) is 12.2. The van der Waals surface area contributed by atoms with Crippen LogP contribution in [0.5, 0.6) is 5.75 Å². The van der Waals surface area contributed by atoms with E-state index in [0.717, 1.165) is 17.7 Å². The summed E-state index contributed by atoms with van der Waals surface area (Å²) in [6.07, 6.45) is -2.77. The van der Waals surface area contributed by atoms with Crippen molar-refractivity contribution in [2.45, 2.75) is 24.8 Å². The molecular formula is C28H22Cl2F3N3O3. The van der Waals surface area contributed by atoms with Crippen LogP contribution in [0.3, 0.4) is 0 Å². The van der Waals surface area contributed by atoms with Crippen molar-refractivity contribution in [3.63, 3.8) is 0 Å². The van der Waals surface area contributed by atoms with Crippen LogP contribution < -0.4 is 4.74 Å². The normalized spacial score (nSPS) is 15.3. The average Bonchev–Trinajstić information content (AvgIpc) is 3.34. The van der Waals surface area contributed by atoms with Gasteiger partial charge in [-0.2, -0.15) is 0 Å². The Morgan fingerprint density at radius 1 is 0.949 bits per heavy atom. The van der Waals surface area contributed by atoms with Gasteiger partial charge >= 0.3 is 12.4 Å². The Hall–Kier alpha value is -3.53. The first-order valence-electron chi connectivity index (χ1n) is 12.0. The first-order valence-corrected chi connectivity index (χ1v) is 12.8. The molecule has 0 unspecified atom stereocenters. The van der Waals surface area contributed by atoms with Crippen LogP contribution in [0.15, 0.2) is 79.0 Å². The van der Waals surface area contributed by atoms with E-state index < -0.39 is 12.0 Å². The van der Waals surface area contributed by atoms with E-state index >= 15 is 0 Å². The van der Waals surface area contributed by atoms with Crippen molar-refractivity contribution >= 4 is 29.2 Å². The van der Waals surface area contributed by atoms with Gasteiger partial charge in [-0.3, -0.25) is 4.57 Å². The molecule has 1 aliphatic heterocycles. The number of nitrogens with zero attached hydrogens (tertiary/aromatic N) is 3. The number of halogens is 5. The zero-order valence-electron chi connectivity index (χ0n) is 20.3. The highest BCUT2D eigenvalue weighted by Gasteiger charge is 2.37. The van der Waals surface area contributed by atoms with Crippen molar-refractivity contribution in [3.05, 3.63) is 94.6 Å². The van der Waals surface area contributed by atoms with Crippen LogP contribution in [0.2, 0.25) is 10.0 Å². The van der Waals surface area contributed by atoms with Gasteiger partial charge in [0.25, 0.3) is 0 Å². The first-order chi connectivity index (χ1) is 18.5. The summed E-state index contributed by atoms with van der Waals surface area (Å²) in [7, 11) is 0. The first kappa shape index (κ1) is 27.1. The molecule has 0 aliphatic carbocycles. The Bertz CT molecular complexity index is 1480. The molecule has 0 bridgehead atoms. The summed E-state index contributed by atoms with van der Waals surface area (Å²) in [5.74, 6) is 0.00260. The van der Waals surface area contributed by atoms with Gasteiger partial charge in [0.2, 0.25) is 0 Å². The largest absolute Gasteiger partial charge is 0.573 e. The third kappa shape index (κ3) is 5.90. The summed E-state index contributed by atoms with van der Waals surface area (Å²) >= 11 is 12.5. The fraction of sp³-hybridized carbons (Fsp3) is 0.214. The van der Waals surface area contributed by atoms with Crippen LogP contribution in [0.1, 0.15) is 18.4 Å². The summed E-state index contributed by atoms with van der Waals surface area (Å²) in [5.41, 5.74) is 1.06. The number of likely N-dealkylation sites (tertiary alicyclic amines) is 1. The predicted octanol–water partition coefficient (Wildman–Crippen LogP) is 7.37. The summed E-state index contributed by atoms with van der Waals surface area (Å²) in [6, 6.07) is 19.0. The minimum absolute atomic E-state index is 0.193. The molecule has 1 amide bonds. The number of piperidine rings is 1. The van der Waals surface area contributed by atoms with Crippen molar-refractivity contribution in [2.24, 2.45) is 0 Å². The van der Waals surface area contributed by atoms with Crippen LogP contribution in [0, 0.1) is 0 Å². The number of alkyl halides is 3. The van der Waals surface area contributed by atoms with Crippen LogP contribution in [-0.2, 0) is 5.60 Å². The number of hydrogen-bond donors (Lipinski definition) is 1. The highest BCUT2D eigenvalue weighted by molar-refractivity contribution is 6.33. The van der Waals surface area contributed by atoms with Crippen LogP contribution >= 0.6 is 23.2 Å². The van der Waals surface area contributed by atoms with E-state index in [9.17, 15) is 23.1 Å². The number of amides is 1. The SMILES string of the molecule is O=C(N1CCC(O)(c2ccc(OC(F)(F)F)cc2)CC1)n1cc(-c2ccc(Cl)cc2)nc1-c1ccccc1Cl. The van der Waals surface area contributed by atoms with Gasteiger partial charge in [0.05, 0.1) is 16.3 Å². The van der Waals surface area contributed by atoms with Gasteiger partial charge in [-0.25, -0.2) is 9.78 Å². The van der Waals surface area contributed by atoms with E-state index in [1.54, 1.807) is 47.5 Å². The fourth-order valence-electron chi connectivity index (χ4n) is 4.59. The van der Waals surface area contributed by atoms with Gasteiger partial charge in [0.15, 0.2) is 0 Å². The number of ether oxygens (including phenoxy) is 1. The maximum atomic E-state index is 13.7. The van der Waals surface area contributed by atoms with Crippen LogP contribution in [-0.4, -0.2) is 45.0 Å². The molecule has 39 heavy (non-hydrogen) atoms. The summed E-state index contributed by atoms with van der Waals surface area (Å²) in [6.45, 7) is 0.430. The molecule has 1 aliphatic rings. The second kappa shape index (κ2) is 10.6. The van der Waals surface area contributed by atoms with Gasteiger partial charge in [-0.15, -0.1) is 13.2 Å². The standard InChI is InChI=1S/C28H22Cl2F3N3O3/c29-20-9-5-18(6-10-20)24-17-36(25(34-24)22-3-1-2-4-23(22)30)26(37)35-15-13-27(38,14-16-35)19-7-11-21(12-8-19)39-28(31,32)33/h1-12,17,38H,13-16H2. The van der Waals surface area contributed by atoms with Crippen molar-refractivity contribution in [1.29, 1.82) is 0 Å². The molecule has 202 valence electrons. The summed E-state index contributed by atoms with van der Waals surface area (Å²) < 4.78 is 42.8. The van der Waals surface area contributed by atoms with Crippen LogP contribution in [0.25, 0.3) is 22.6 Å². The molecule has 11 heteroatoms. The molecular weight excluding hydrogens is 554 g/mol. The van der Waals surface area contributed by atoms with Gasteiger partial charge in [-0.05, 0) is 54.8 Å². The lowest BCUT2D eigenvalue weighted by molar-refractivity contribution is -0.274. The highest BCUT2D eigenvalue weighted by Crippen LogP contribution is 2.36. The third-order valence-electron chi connectivity index (χ3n) is 6.65. The second-order valence-corrected chi connectivity index (χ2v) is 10.0. The minimum Gasteiger partial charge on any atom is -0.406 e. The molecule has 0 radical (unpaired) electrons. The molecule has 3 aromatic carbocycles. The van der Waals surface area contributed by atoms with Crippen molar-refractivity contribution < 1.29 is 27.8 Å². The monoisotopic (exact) mass is 575 g/mol. The quantitative estimate of drug-likeness (QED) is 0.276. The van der Waals surface area contributed by atoms with Gasteiger partial charge in [-0.1, -0.05) is 59.6 Å². The molecule has 4 aromatic rings. The number of hydrogen-bond acceptors (Lipinski definition) is 4. The summed E-state index contributed by atoms with van der Waals surface area (Å²) in [4.78, 5) is 20.0. The Morgan fingerprint density at radius 2 is 1.59 bits per heavy atom. The molecule has 2 heterocycles. The molecule has 0 atom stereocenters. The maximum Gasteiger partial charge on any atom is 0.573 e. The number of imidazole rings is 1. The lowest BCUT2D eigenvalue weighted by atomic mass is 9.84. The topological polar surface area (TPSA) is 67.6 Å². The number of aliphatic hydroxyl groups is 1. The van der Waals surface area contributed by atoms with Gasteiger partial charge in [0.1, 0.15) is 11.6 Å². The number of carbonyl (C=O) groups is 1. The third-order valence-corrected chi connectivity index (χ3v) is 7.23. The molecule has 0 saturated carbocycles. The smallest absolute Gasteiger partial charge is 0.406 e. The Balaban J connectivity index is 1.38. The van der Waals surface area contributed by atoms with Crippen LogP contribution in [0.4, 0.5) is 18.0 Å². The molecule has 1 saturated heterocycles. The lowest BCUT2D eigenvalue weighted by Gasteiger charge is -2.38. The molecule has 1 fully saturated rings. The number of rotatable bonds is 4. The highest BCUT2D eigenvalue weighted by atomic mass is 35.5. The van der Waals surface area contributed by atoms with Gasteiger partial charge < -0.3 is 14.7 Å². The molecule has 1 aromatic heterocycles. The van der Waals surface area contributed by atoms with E-state index in [-0.39, 0.29) is 37.7 Å². The van der Waals surface area contributed by atoms with Crippen molar-refractivity contribution in [1.82, 2.24) is 14.5 Å². The number of benzene rings is 3. The van der Waals surface area contributed by atoms with E-state index in [1.165, 1.54) is 16.7 Å². The molecule has 1 N–H and O–H groups in total. The zero-order chi connectivity index (χ0) is 27.8. The Kier molecular flexibility index (Phi) is 7.33. The fourth-order valence-corrected chi connectivity index (χ4v) is 4.94. The Labute approximate surface area is 232 Å². The zero-order valence-corrected chi connectivity index (χ0v) is 21.8. The van der Waals surface area contributed by atoms with E-state index in [4.69, 9.17) is 28.2 Å². The van der Waals surface area contributed by atoms with Crippen molar-refractivity contribution in [2.75, 3.05) is 13.1 Å². The number of aromatic nitrogens is 2. The Morgan fingerprint density at radius 3 is 2.21 bits per heavy atom. The van der Waals surface area contributed by atoms with Crippen molar-refractivity contribution in [3.8, 4) is 28.4 Å². The predicted molar refractivity (Wildman–Crippen MR) is 142 cm³/mol. The molecule has 0 spiro atoms. The minimum atomic E-state index is -4.80. The second-order valence-electron chi connectivity index (χ2n) is 9.18. The van der Waals surface area contributed by atoms with E-state index in [1.807, 2.05) is 12.1 Å². The lowest BCUT2D eigenvalue weighted by Crippen LogP contribution is -2.46. The maximum absolute atomic E-state index is 13.7. The molecule has 5 rings (SSSR count). The van der Waals surface area contributed by atoms with Gasteiger partial charge in [0, 0.05) is 35.4 Å². The number of carbonyl (C=O) groups excluding carboxylic acids is 1. The van der Waals surface area contributed by atoms with E-state index in [2.05, 4.69) is 4.74 Å². The molecule has 6 nitrogen and oxygen atoms in total. The average molecular weight is 576 g/mol. The van der Waals surface area contributed by atoms with E-state index in [0.29, 0.717) is 32.7 Å².